The lowest BCUT2D eigenvalue weighted by atomic mass is 9.81. The van der Waals surface area contributed by atoms with Crippen LogP contribution in [0.15, 0.2) is 243 Å². The molecule has 14 rings (SSSR count). The second-order valence-corrected chi connectivity index (χ2v) is 17.8. The van der Waals surface area contributed by atoms with E-state index in [1.165, 1.54) is 141 Å². The smallest absolute Gasteiger partial charge is 0.00199 e. The molecule has 14 aromatic carbocycles. The second-order valence-electron chi connectivity index (χ2n) is 17.8. The van der Waals surface area contributed by atoms with Gasteiger partial charge in [-0.2, -0.15) is 0 Å². The first kappa shape index (κ1) is 36.9. The van der Waals surface area contributed by atoms with E-state index in [4.69, 9.17) is 0 Å². The summed E-state index contributed by atoms with van der Waals surface area (Å²) < 4.78 is 0. The Hall–Kier alpha value is -8.58. The Balaban J connectivity index is 1.09. The molecule has 0 nitrogen and oxygen atoms in total. The first-order valence-corrected chi connectivity index (χ1v) is 23.0. The fraction of sp³-hybridized carbons (Fsp3) is 0. The van der Waals surface area contributed by atoms with Crippen molar-refractivity contribution in [3.63, 3.8) is 0 Å². The third-order valence-electron chi connectivity index (χ3n) is 14.3. The van der Waals surface area contributed by atoms with E-state index in [1.807, 2.05) is 0 Å². The van der Waals surface area contributed by atoms with Crippen molar-refractivity contribution in [3.05, 3.63) is 243 Å². The van der Waals surface area contributed by atoms with Crippen LogP contribution in [0.1, 0.15) is 0 Å². The molecule has 0 saturated heterocycles. The molecule has 0 amide bonds. The number of hydrogen-bond donors (Lipinski definition) is 0. The standard InChI is InChI=1S/C66H40/c1-3-19-43-37-45(35-33-41(43)17-1)62-52-25-9-13-29-56(52)65(57-30-14-10-26-53(57)62)60-39-47-40-61(49-22-6-8-24-51(49)64(47)50-23-7-5-21-48(50)60)66-58-31-15-11-27-54(58)63(55-28-12-16-32-59(55)66)46-36-34-42-18-2-4-20-44(42)38-46/h1-40H. The minimum absolute atomic E-state index is 1.23. The van der Waals surface area contributed by atoms with Gasteiger partial charge in [0, 0.05) is 0 Å². The highest BCUT2D eigenvalue weighted by molar-refractivity contribution is 6.32. The summed E-state index contributed by atoms with van der Waals surface area (Å²) in [4.78, 5) is 0. The van der Waals surface area contributed by atoms with Crippen LogP contribution in [0.2, 0.25) is 0 Å². The van der Waals surface area contributed by atoms with Gasteiger partial charge in [0.05, 0.1) is 0 Å². The van der Waals surface area contributed by atoms with Gasteiger partial charge in [-0.1, -0.05) is 218 Å². The molecule has 0 aliphatic carbocycles. The lowest BCUT2D eigenvalue weighted by Gasteiger charge is -2.22. The molecule has 0 saturated carbocycles. The highest BCUT2D eigenvalue weighted by Crippen LogP contribution is 2.51. The number of fused-ring (bicyclic) bond motifs is 11. The highest BCUT2D eigenvalue weighted by atomic mass is 14.3. The molecule has 0 radical (unpaired) electrons. The van der Waals surface area contributed by atoms with Crippen molar-refractivity contribution in [1.29, 1.82) is 0 Å². The van der Waals surface area contributed by atoms with Crippen LogP contribution < -0.4 is 0 Å². The molecule has 0 bridgehead atoms. The summed E-state index contributed by atoms with van der Waals surface area (Å²) in [5.74, 6) is 0. The zero-order chi connectivity index (χ0) is 43.3. The number of rotatable bonds is 4. The molecule has 0 spiro atoms. The summed E-state index contributed by atoms with van der Waals surface area (Å²) in [6, 6.07) is 90.6. The lowest BCUT2D eigenvalue weighted by Crippen LogP contribution is -1.94. The molecule has 0 aliphatic rings. The predicted molar refractivity (Wildman–Crippen MR) is 286 cm³/mol. The van der Waals surface area contributed by atoms with Crippen molar-refractivity contribution in [2.75, 3.05) is 0 Å². The van der Waals surface area contributed by atoms with E-state index in [0.29, 0.717) is 0 Å². The molecule has 14 aromatic rings. The quantitative estimate of drug-likeness (QED) is 0.122. The van der Waals surface area contributed by atoms with Gasteiger partial charge >= 0.3 is 0 Å². The molecule has 304 valence electrons. The van der Waals surface area contributed by atoms with E-state index in [0.717, 1.165) is 0 Å². The summed E-state index contributed by atoms with van der Waals surface area (Å²) in [6.45, 7) is 0. The normalized spacial score (nSPS) is 11.9. The zero-order valence-electron chi connectivity index (χ0n) is 36.1. The first-order valence-electron chi connectivity index (χ1n) is 23.0. The Kier molecular flexibility index (Phi) is 8.08. The second kappa shape index (κ2) is 14.5. The Morgan fingerprint density at radius 1 is 0.167 bits per heavy atom. The van der Waals surface area contributed by atoms with Crippen LogP contribution in [0, 0.1) is 0 Å². The molecule has 0 heterocycles. The minimum Gasteiger partial charge on any atom is -0.0616 e. The van der Waals surface area contributed by atoms with Crippen LogP contribution >= 0.6 is 0 Å². The van der Waals surface area contributed by atoms with E-state index in [-0.39, 0.29) is 0 Å². The molecular formula is C66H40. The zero-order valence-corrected chi connectivity index (χ0v) is 36.1. The molecule has 0 unspecified atom stereocenters. The molecule has 0 atom stereocenters. The summed E-state index contributed by atoms with van der Waals surface area (Å²) in [7, 11) is 0. The largest absolute Gasteiger partial charge is 0.0616 e. The van der Waals surface area contributed by atoms with Gasteiger partial charge in [0.2, 0.25) is 0 Å². The fourth-order valence-electron chi connectivity index (χ4n) is 11.5. The van der Waals surface area contributed by atoms with Crippen molar-refractivity contribution in [3.8, 4) is 44.5 Å². The third-order valence-corrected chi connectivity index (χ3v) is 14.3. The summed E-state index contributed by atoms with van der Waals surface area (Å²) in [5.41, 5.74) is 10.1. The van der Waals surface area contributed by atoms with Gasteiger partial charge in [-0.15, -0.1) is 0 Å². The van der Waals surface area contributed by atoms with Crippen LogP contribution in [0.4, 0.5) is 0 Å². The molecule has 0 fully saturated rings. The minimum atomic E-state index is 1.23. The van der Waals surface area contributed by atoms with E-state index in [9.17, 15) is 0 Å². The SMILES string of the molecule is c1ccc2cc(-c3c4ccccc4c(-c4cc5cc(-c6c7ccccc7c(-c7ccc8ccccc8c7)c7ccccc67)c6ccccc6c5c5ccccc45)c4ccccc34)ccc2c1. The Labute approximate surface area is 382 Å². The van der Waals surface area contributed by atoms with E-state index >= 15 is 0 Å². The average Bonchev–Trinajstić information content (AvgIpc) is 3.38. The van der Waals surface area contributed by atoms with Gasteiger partial charge in [0.25, 0.3) is 0 Å². The van der Waals surface area contributed by atoms with Crippen LogP contribution in [-0.4, -0.2) is 0 Å². The number of benzene rings is 14. The van der Waals surface area contributed by atoms with Crippen molar-refractivity contribution in [2.24, 2.45) is 0 Å². The third kappa shape index (κ3) is 5.46. The maximum absolute atomic E-state index is 2.51. The summed E-state index contributed by atoms with van der Waals surface area (Å²) in [6.07, 6.45) is 0. The van der Waals surface area contributed by atoms with E-state index < -0.39 is 0 Å². The summed E-state index contributed by atoms with van der Waals surface area (Å²) in [5, 5.41) is 22.6. The first-order chi connectivity index (χ1) is 32.8. The molecule has 0 heteroatoms. The van der Waals surface area contributed by atoms with E-state index in [2.05, 4.69) is 243 Å². The predicted octanol–water partition coefficient (Wildman–Crippen LogP) is 18.7. The fourth-order valence-corrected chi connectivity index (χ4v) is 11.5. The van der Waals surface area contributed by atoms with Crippen molar-refractivity contribution in [1.82, 2.24) is 0 Å². The van der Waals surface area contributed by atoms with Crippen LogP contribution in [0.25, 0.3) is 141 Å². The van der Waals surface area contributed by atoms with Gasteiger partial charge < -0.3 is 0 Å². The maximum Gasteiger partial charge on any atom is -0.00199 e. The van der Waals surface area contributed by atoms with Crippen molar-refractivity contribution >= 4 is 97.0 Å². The molecule has 0 aromatic heterocycles. The molecule has 66 heavy (non-hydrogen) atoms. The Morgan fingerprint density at radius 3 is 0.788 bits per heavy atom. The van der Waals surface area contributed by atoms with Gasteiger partial charge in [-0.25, -0.2) is 0 Å². The maximum atomic E-state index is 2.51. The highest BCUT2D eigenvalue weighted by Gasteiger charge is 2.23. The molecular weight excluding hydrogens is 793 g/mol. The topological polar surface area (TPSA) is 0 Å². The van der Waals surface area contributed by atoms with Crippen LogP contribution in [-0.2, 0) is 0 Å². The molecule has 0 N–H and O–H groups in total. The van der Waals surface area contributed by atoms with Gasteiger partial charge in [-0.05, 0) is 166 Å². The lowest BCUT2D eigenvalue weighted by molar-refractivity contribution is 1.68. The Bertz CT molecular complexity index is 3950. The average molecular weight is 833 g/mol. The summed E-state index contributed by atoms with van der Waals surface area (Å²) >= 11 is 0. The van der Waals surface area contributed by atoms with Crippen LogP contribution in [0.3, 0.4) is 0 Å². The number of hydrogen-bond acceptors (Lipinski definition) is 0. The van der Waals surface area contributed by atoms with Gasteiger partial charge in [0.1, 0.15) is 0 Å². The monoisotopic (exact) mass is 832 g/mol. The van der Waals surface area contributed by atoms with Gasteiger partial charge in [-0.3, -0.25) is 0 Å². The van der Waals surface area contributed by atoms with Gasteiger partial charge in [0.15, 0.2) is 0 Å². The van der Waals surface area contributed by atoms with E-state index in [1.54, 1.807) is 0 Å². The van der Waals surface area contributed by atoms with Crippen molar-refractivity contribution in [2.45, 2.75) is 0 Å². The van der Waals surface area contributed by atoms with Crippen LogP contribution in [0.5, 0.6) is 0 Å². The Morgan fingerprint density at radius 2 is 0.439 bits per heavy atom. The van der Waals surface area contributed by atoms with Crippen molar-refractivity contribution < 1.29 is 0 Å². The molecule has 0 aliphatic heterocycles.